The molecule has 1 aromatic carbocycles. The molecule has 0 aliphatic heterocycles. The Morgan fingerprint density at radius 3 is 2.40 bits per heavy atom. The van der Waals surface area contributed by atoms with Crippen LogP contribution in [-0.4, -0.2) is 28.2 Å². The van der Waals surface area contributed by atoms with Crippen LogP contribution in [0.5, 0.6) is 0 Å². The topological polar surface area (TPSA) is 80.3 Å². The van der Waals surface area contributed by atoms with Gasteiger partial charge < -0.3 is 0 Å². The highest BCUT2D eigenvalue weighted by molar-refractivity contribution is 8.08. The Morgan fingerprint density at radius 1 is 1.27 bits per heavy atom. The fourth-order valence-corrected chi connectivity index (χ4v) is 3.89. The summed E-state index contributed by atoms with van der Waals surface area (Å²) in [7, 11) is -7.43. The van der Waals surface area contributed by atoms with Crippen molar-refractivity contribution in [2.75, 3.05) is 16.1 Å². The van der Waals surface area contributed by atoms with Crippen molar-refractivity contribution in [1.82, 2.24) is 0 Å². The normalized spacial score (nSPS) is 12.3. The molecule has 0 bridgehead atoms. The predicted octanol–water partition coefficient (Wildman–Crippen LogP) is 0.231. The largest absolute Gasteiger partial charge is 0.282 e. The van der Waals surface area contributed by atoms with Crippen LogP contribution in [0.3, 0.4) is 0 Å². The lowest BCUT2D eigenvalue weighted by Gasteiger charge is -2.05. The fraction of sp³-hybridized carbons (Fsp3) is 0.250. The predicted molar refractivity (Wildman–Crippen MR) is 57.5 cm³/mol. The SMILES string of the molecule is CS(=O)(=O)CS(=O)(=O)Nc1[c]cccc1. The van der Waals surface area contributed by atoms with Crippen molar-refractivity contribution in [3.8, 4) is 0 Å². The lowest BCUT2D eigenvalue weighted by atomic mass is 10.3. The summed E-state index contributed by atoms with van der Waals surface area (Å²) in [5.41, 5.74) is 0.223. The first-order valence-corrected chi connectivity index (χ1v) is 7.65. The number of hydrogen-bond donors (Lipinski definition) is 1. The minimum absolute atomic E-state index is 0.223. The number of anilines is 1. The van der Waals surface area contributed by atoms with Crippen LogP contribution >= 0.6 is 0 Å². The van der Waals surface area contributed by atoms with Gasteiger partial charge in [0, 0.05) is 12.3 Å². The highest BCUT2D eigenvalue weighted by atomic mass is 32.3. The smallest absolute Gasteiger partial charge is 0.247 e. The number of benzene rings is 1. The minimum Gasteiger partial charge on any atom is -0.282 e. The van der Waals surface area contributed by atoms with Gasteiger partial charge in [-0.25, -0.2) is 16.8 Å². The molecule has 0 unspecified atom stereocenters. The van der Waals surface area contributed by atoms with E-state index >= 15 is 0 Å². The van der Waals surface area contributed by atoms with E-state index in [0.717, 1.165) is 6.26 Å². The highest BCUT2D eigenvalue weighted by Crippen LogP contribution is 2.07. The molecule has 1 rings (SSSR count). The second-order valence-electron chi connectivity index (χ2n) is 3.04. The first-order chi connectivity index (χ1) is 6.79. The summed E-state index contributed by atoms with van der Waals surface area (Å²) in [6.45, 7) is 0. The Hall–Kier alpha value is -1.08. The minimum atomic E-state index is -3.86. The van der Waals surface area contributed by atoms with Crippen LogP contribution < -0.4 is 4.72 Å². The standard InChI is InChI=1S/C8H10NO4S2/c1-14(10,11)7-15(12,13)9-8-5-3-2-4-6-8/h2-5,9H,7H2,1H3. The second kappa shape index (κ2) is 4.19. The molecule has 83 valence electrons. The summed E-state index contributed by atoms with van der Waals surface area (Å²) in [4.78, 5) is 0. The van der Waals surface area contributed by atoms with E-state index in [1.807, 2.05) is 0 Å². The lowest BCUT2D eigenvalue weighted by Crippen LogP contribution is -2.22. The van der Waals surface area contributed by atoms with Gasteiger partial charge in [-0.15, -0.1) is 0 Å². The van der Waals surface area contributed by atoms with Crippen LogP contribution in [0, 0.1) is 6.07 Å². The maximum absolute atomic E-state index is 11.3. The number of nitrogens with one attached hydrogen (secondary N) is 1. The average Bonchev–Trinajstić information content (AvgIpc) is 1.99. The number of sulfonamides is 1. The van der Waals surface area contributed by atoms with E-state index in [4.69, 9.17) is 0 Å². The summed E-state index contributed by atoms with van der Waals surface area (Å²) in [6, 6.07) is 8.93. The monoisotopic (exact) mass is 248 g/mol. The fourth-order valence-electron chi connectivity index (χ4n) is 0.936. The molecule has 0 heterocycles. The van der Waals surface area contributed by atoms with Crippen molar-refractivity contribution < 1.29 is 16.8 Å². The number of hydrogen-bond acceptors (Lipinski definition) is 4. The van der Waals surface area contributed by atoms with Crippen molar-refractivity contribution >= 4 is 25.5 Å². The van der Waals surface area contributed by atoms with Gasteiger partial charge in [0.1, 0.15) is 0 Å². The summed E-state index contributed by atoms with van der Waals surface area (Å²) in [6.07, 6.45) is 0.862. The van der Waals surface area contributed by atoms with E-state index in [1.165, 1.54) is 12.1 Å². The molecule has 0 fully saturated rings. The molecule has 5 nitrogen and oxygen atoms in total. The summed E-state index contributed by atoms with van der Waals surface area (Å²) in [5, 5.41) is -0.928. The third-order valence-corrected chi connectivity index (χ3v) is 4.83. The summed E-state index contributed by atoms with van der Waals surface area (Å²) < 4.78 is 46.3. The van der Waals surface area contributed by atoms with E-state index in [2.05, 4.69) is 10.8 Å². The van der Waals surface area contributed by atoms with Crippen LogP contribution in [-0.2, 0) is 19.9 Å². The maximum Gasteiger partial charge on any atom is 0.247 e. The first kappa shape index (κ1) is 12.0. The van der Waals surface area contributed by atoms with Crippen LogP contribution in [0.4, 0.5) is 5.69 Å². The zero-order valence-corrected chi connectivity index (χ0v) is 9.60. The third-order valence-electron chi connectivity index (χ3n) is 1.34. The van der Waals surface area contributed by atoms with Crippen LogP contribution in [0.15, 0.2) is 24.3 Å². The molecule has 0 aliphatic carbocycles. The molecule has 15 heavy (non-hydrogen) atoms. The zero-order chi connectivity index (χ0) is 11.5. The third kappa shape index (κ3) is 4.80. The zero-order valence-electron chi connectivity index (χ0n) is 7.97. The van der Waals surface area contributed by atoms with Gasteiger partial charge in [-0.05, 0) is 6.07 Å². The molecule has 1 radical (unpaired) electrons. The lowest BCUT2D eigenvalue weighted by molar-refractivity contribution is 0.595. The van der Waals surface area contributed by atoms with Crippen molar-refractivity contribution in [1.29, 1.82) is 0 Å². The molecular formula is C8H10NO4S2. The maximum atomic E-state index is 11.3. The van der Waals surface area contributed by atoms with E-state index in [1.54, 1.807) is 12.1 Å². The van der Waals surface area contributed by atoms with Crippen molar-refractivity contribution in [3.63, 3.8) is 0 Å². The Morgan fingerprint density at radius 2 is 1.93 bits per heavy atom. The van der Waals surface area contributed by atoms with Crippen LogP contribution in [0.2, 0.25) is 0 Å². The molecule has 1 aromatic rings. The molecular weight excluding hydrogens is 238 g/mol. The van der Waals surface area contributed by atoms with Gasteiger partial charge in [0.15, 0.2) is 14.9 Å². The average molecular weight is 248 g/mol. The summed E-state index contributed by atoms with van der Waals surface area (Å²) >= 11 is 0. The highest BCUT2D eigenvalue weighted by Gasteiger charge is 2.17. The van der Waals surface area contributed by atoms with Gasteiger partial charge in [-0.2, -0.15) is 0 Å². The number of rotatable bonds is 4. The van der Waals surface area contributed by atoms with Crippen LogP contribution in [0.1, 0.15) is 0 Å². The molecule has 0 aromatic heterocycles. The van der Waals surface area contributed by atoms with Gasteiger partial charge in [0.05, 0.1) is 5.69 Å². The quantitative estimate of drug-likeness (QED) is 0.827. The van der Waals surface area contributed by atoms with Gasteiger partial charge in [0.25, 0.3) is 0 Å². The van der Waals surface area contributed by atoms with Gasteiger partial charge in [-0.3, -0.25) is 4.72 Å². The molecule has 0 amide bonds. The molecule has 0 saturated carbocycles. The Kier molecular flexibility index (Phi) is 3.35. The Labute approximate surface area is 89.1 Å². The molecule has 0 atom stereocenters. The van der Waals surface area contributed by atoms with Crippen molar-refractivity contribution in [2.24, 2.45) is 0 Å². The second-order valence-corrected chi connectivity index (χ2v) is 7.26. The molecule has 1 N–H and O–H groups in total. The van der Waals surface area contributed by atoms with E-state index in [9.17, 15) is 16.8 Å². The number of para-hydroxylation sites is 1. The molecule has 7 heteroatoms. The van der Waals surface area contributed by atoms with E-state index in [0.29, 0.717) is 0 Å². The van der Waals surface area contributed by atoms with E-state index in [-0.39, 0.29) is 5.69 Å². The Bertz CT molecular complexity index is 519. The van der Waals surface area contributed by atoms with Gasteiger partial charge >= 0.3 is 0 Å². The number of sulfone groups is 1. The molecule has 0 aliphatic rings. The van der Waals surface area contributed by atoms with Crippen LogP contribution in [0.25, 0.3) is 0 Å². The van der Waals surface area contributed by atoms with Gasteiger partial charge in [0.2, 0.25) is 10.0 Å². The van der Waals surface area contributed by atoms with Crippen molar-refractivity contribution in [2.45, 2.75) is 0 Å². The molecule has 0 spiro atoms. The van der Waals surface area contributed by atoms with Crippen molar-refractivity contribution in [3.05, 3.63) is 30.3 Å². The Balaban J connectivity index is 2.83. The summed E-state index contributed by atoms with van der Waals surface area (Å²) in [5.74, 6) is 0. The van der Waals surface area contributed by atoms with Gasteiger partial charge in [-0.1, -0.05) is 18.2 Å². The first-order valence-electron chi connectivity index (χ1n) is 3.93. The van der Waals surface area contributed by atoms with E-state index < -0.39 is 24.9 Å². The molecule has 0 saturated heterocycles.